The van der Waals surface area contributed by atoms with Gasteiger partial charge in [0.2, 0.25) is 0 Å². The molecule has 9 rings (SSSR count). The van der Waals surface area contributed by atoms with Crippen LogP contribution >= 0.6 is 0 Å². The summed E-state index contributed by atoms with van der Waals surface area (Å²) in [6.45, 7) is 0. The highest BCUT2D eigenvalue weighted by Crippen LogP contribution is 2.48. The summed E-state index contributed by atoms with van der Waals surface area (Å²) in [5.41, 5.74) is 9.81. The van der Waals surface area contributed by atoms with Crippen molar-refractivity contribution in [1.82, 2.24) is 0 Å². The summed E-state index contributed by atoms with van der Waals surface area (Å²) in [5.74, 6) is 0. The van der Waals surface area contributed by atoms with E-state index in [0.717, 1.165) is 49.8 Å². The molecule has 1 aromatic heterocycles. The zero-order valence-corrected chi connectivity index (χ0v) is 25.1. The largest absolute Gasteiger partial charge is 0.455 e. The maximum atomic E-state index is 6.74. The molecule has 0 unspecified atom stereocenters. The second-order valence-corrected chi connectivity index (χ2v) is 11.7. The van der Waals surface area contributed by atoms with Crippen molar-refractivity contribution in [2.45, 2.75) is 0 Å². The van der Waals surface area contributed by atoms with Crippen molar-refractivity contribution in [1.29, 1.82) is 0 Å². The Balaban J connectivity index is 1.37. The van der Waals surface area contributed by atoms with Gasteiger partial charge in [-0.25, -0.2) is 0 Å². The van der Waals surface area contributed by atoms with Crippen LogP contribution in [0.25, 0.3) is 65.7 Å². The first kappa shape index (κ1) is 26.3. The lowest BCUT2D eigenvalue weighted by molar-refractivity contribution is 0.673. The van der Waals surface area contributed by atoms with E-state index >= 15 is 0 Å². The van der Waals surface area contributed by atoms with Crippen molar-refractivity contribution in [3.8, 4) is 22.3 Å². The Morgan fingerprint density at radius 3 is 1.91 bits per heavy atom. The van der Waals surface area contributed by atoms with Crippen LogP contribution in [-0.4, -0.2) is 0 Å². The first-order chi connectivity index (χ1) is 22.8. The van der Waals surface area contributed by atoms with Crippen molar-refractivity contribution in [3.63, 3.8) is 0 Å². The Bertz CT molecular complexity index is 2530. The molecule has 0 aliphatic carbocycles. The molecule has 0 radical (unpaired) electrons. The van der Waals surface area contributed by atoms with Crippen LogP contribution in [0.15, 0.2) is 180 Å². The summed E-state index contributed by atoms with van der Waals surface area (Å²) in [4.78, 5) is 2.40. The third-order valence-corrected chi connectivity index (χ3v) is 9.03. The van der Waals surface area contributed by atoms with Gasteiger partial charge >= 0.3 is 0 Å². The molecule has 0 N–H and O–H groups in total. The Kier molecular flexibility index (Phi) is 6.17. The normalized spacial score (nSPS) is 11.5. The third-order valence-electron chi connectivity index (χ3n) is 9.03. The molecule has 2 nitrogen and oxygen atoms in total. The highest BCUT2D eigenvalue weighted by atomic mass is 16.3. The minimum absolute atomic E-state index is 0.888. The van der Waals surface area contributed by atoms with E-state index in [-0.39, 0.29) is 0 Å². The second-order valence-electron chi connectivity index (χ2n) is 11.7. The number of fused-ring (bicyclic) bond motifs is 6. The molecule has 0 bridgehead atoms. The van der Waals surface area contributed by atoms with Gasteiger partial charge in [-0.3, -0.25) is 0 Å². The molecule has 216 valence electrons. The Morgan fingerprint density at radius 2 is 1.07 bits per heavy atom. The molecule has 0 fully saturated rings. The molecule has 0 spiro atoms. The fourth-order valence-corrected chi connectivity index (χ4v) is 6.93. The van der Waals surface area contributed by atoms with Gasteiger partial charge in [-0.15, -0.1) is 0 Å². The summed E-state index contributed by atoms with van der Waals surface area (Å²) in [6, 6.07) is 62.6. The third kappa shape index (κ3) is 4.27. The van der Waals surface area contributed by atoms with E-state index in [1.54, 1.807) is 0 Å². The number of para-hydroxylation sites is 2. The standard InChI is InChI=1S/C44H29NO/c1-3-15-31(16-4-1)35-20-11-12-24-40(35)45(34-18-5-2-6-19-34)41-29-39-43-36(33-27-26-30-14-7-8-17-32(30)28-33)23-13-25-42(43)46-44(39)38-22-10-9-21-37(38)41/h1-29H. The van der Waals surface area contributed by atoms with E-state index in [9.17, 15) is 0 Å². The fourth-order valence-electron chi connectivity index (χ4n) is 6.93. The molecule has 8 aromatic carbocycles. The number of rotatable bonds is 5. The Labute approximate surface area is 267 Å². The molecular formula is C44H29NO. The molecule has 0 saturated carbocycles. The van der Waals surface area contributed by atoms with Gasteiger partial charge in [0, 0.05) is 32.8 Å². The van der Waals surface area contributed by atoms with E-state index in [4.69, 9.17) is 4.42 Å². The van der Waals surface area contributed by atoms with E-state index in [2.05, 4.69) is 181 Å². The lowest BCUT2D eigenvalue weighted by Gasteiger charge is -2.29. The molecule has 0 atom stereocenters. The predicted octanol–water partition coefficient (Wildman–Crippen LogP) is 12.7. The van der Waals surface area contributed by atoms with Crippen LogP contribution < -0.4 is 4.90 Å². The molecule has 46 heavy (non-hydrogen) atoms. The fraction of sp³-hybridized carbons (Fsp3) is 0. The van der Waals surface area contributed by atoms with Crippen LogP contribution in [-0.2, 0) is 0 Å². The van der Waals surface area contributed by atoms with Gasteiger partial charge in [0.15, 0.2) is 0 Å². The van der Waals surface area contributed by atoms with Gasteiger partial charge in [-0.1, -0.05) is 140 Å². The highest BCUT2D eigenvalue weighted by molar-refractivity contribution is 6.22. The van der Waals surface area contributed by atoms with Crippen LogP contribution in [0.5, 0.6) is 0 Å². The van der Waals surface area contributed by atoms with Gasteiger partial charge in [0.1, 0.15) is 11.2 Å². The molecular weight excluding hydrogens is 558 g/mol. The number of benzene rings is 8. The SMILES string of the molecule is c1ccc(-c2ccccc2N(c2ccccc2)c2cc3c(oc4cccc(-c5ccc6ccccc6c5)c43)c3ccccc23)cc1. The van der Waals surface area contributed by atoms with E-state index in [0.29, 0.717) is 0 Å². The zero-order chi connectivity index (χ0) is 30.5. The summed E-state index contributed by atoms with van der Waals surface area (Å²) >= 11 is 0. The van der Waals surface area contributed by atoms with Gasteiger partial charge in [-0.05, 0) is 63.9 Å². The number of anilines is 3. The van der Waals surface area contributed by atoms with E-state index in [1.165, 1.54) is 33.0 Å². The van der Waals surface area contributed by atoms with Crippen LogP contribution in [0.1, 0.15) is 0 Å². The number of nitrogens with zero attached hydrogens (tertiary/aromatic N) is 1. The first-order valence-electron chi connectivity index (χ1n) is 15.7. The van der Waals surface area contributed by atoms with Crippen LogP contribution in [0.3, 0.4) is 0 Å². The molecule has 2 heteroatoms. The van der Waals surface area contributed by atoms with Crippen LogP contribution in [0, 0.1) is 0 Å². The van der Waals surface area contributed by atoms with Crippen LogP contribution in [0.4, 0.5) is 17.1 Å². The van der Waals surface area contributed by atoms with Gasteiger partial charge in [0.05, 0.1) is 11.4 Å². The second kappa shape index (κ2) is 10.8. The molecule has 1 heterocycles. The van der Waals surface area contributed by atoms with Gasteiger partial charge in [0.25, 0.3) is 0 Å². The molecule has 9 aromatic rings. The lowest BCUT2D eigenvalue weighted by Crippen LogP contribution is -2.11. The molecule has 0 aliphatic heterocycles. The smallest absolute Gasteiger partial charge is 0.143 e. The molecule has 0 saturated heterocycles. The Morgan fingerprint density at radius 1 is 0.391 bits per heavy atom. The average molecular weight is 588 g/mol. The van der Waals surface area contributed by atoms with Crippen molar-refractivity contribution >= 4 is 60.5 Å². The van der Waals surface area contributed by atoms with E-state index in [1.807, 2.05) is 0 Å². The quantitative estimate of drug-likeness (QED) is 0.199. The summed E-state index contributed by atoms with van der Waals surface area (Å²) in [6.07, 6.45) is 0. The monoisotopic (exact) mass is 587 g/mol. The molecule has 0 aliphatic rings. The summed E-state index contributed by atoms with van der Waals surface area (Å²) in [5, 5.41) is 6.92. The summed E-state index contributed by atoms with van der Waals surface area (Å²) in [7, 11) is 0. The van der Waals surface area contributed by atoms with Gasteiger partial charge < -0.3 is 9.32 Å². The predicted molar refractivity (Wildman–Crippen MR) is 194 cm³/mol. The van der Waals surface area contributed by atoms with Crippen molar-refractivity contribution in [2.24, 2.45) is 0 Å². The van der Waals surface area contributed by atoms with Crippen molar-refractivity contribution in [3.05, 3.63) is 176 Å². The topological polar surface area (TPSA) is 16.4 Å². The first-order valence-corrected chi connectivity index (χ1v) is 15.7. The highest BCUT2D eigenvalue weighted by Gasteiger charge is 2.23. The van der Waals surface area contributed by atoms with Crippen molar-refractivity contribution in [2.75, 3.05) is 4.90 Å². The maximum absolute atomic E-state index is 6.74. The molecule has 0 amide bonds. The van der Waals surface area contributed by atoms with Gasteiger partial charge in [-0.2, -0.15) is 0 Å². The van der Waals surface area contributed by atoms with Crippen molar-refractivity contribution < 1.29 is 4.42 Å². The number of furan rings is 1. The maximum Gasteiger partial charge on any atom is 0.143 e. The zero-order valence-electron chi connectivity index (χ0n) is 25.1. The average Bonchev–Trinajstić information content (AvgIpc) is 3.52. The van der Waals surface area contributed by atoms with Crippen LogP contribution in [0.2, 0.25) is 0 Å². The minimum atomic E-state index is 0.888. The Hall–Kier alpha value is -6.12. The van der Waals surface area contributed by atoms with E-state index < -0.39 is 0 Å². The summed E-state index contributed by atoms with van der Waals surface area (Å²) < 4.78 is 6.74. The number of hydrogen-bond acceptors (Lipinski definition) is 2. The number of hydrogen-bond donors (Lipinski definition) is 0. The lowest BCUT2D eigenvalue weighted by atomic mass is 9.95. The minimum Gasteiger partial charge on any atom is -0.455 e.